The van der Waals surface area contributed by atoms with E-state index in [2.05, 4.69) is 15.5 Å². The van der Waals surface area contributed by atoms with Gasteiger partial charge in [0, 0.05) is 36.5 Å². The zero-order chi connectivity index (χ0) is 26.8. The number of carbonyl (C=O) groups is 1. The predicted molar refractivity (Wildman–Crippen MR) is 133 cm³/mol. The number of nitrogens with one attached hydrogen (secondary N) is 2. The van der Waals surface area contributed by atoms with E-state index in [9.17, 15) is 22.2 Å². The monoisotopic (exact) mass is 537 g/mol. The third-order valence-electron chi connectivity index (χ3n) is 4.94. The van der Waals surface area contributed by atoms with Gasteiger partial charge >= 0.3 is 6.18 Å². The zero-order valence-electron chi connectivity index (χ0n) is 19.6. The number of thiocarbonyl (C=S) groups is 1. The van der Waals surface area contributed by atoms with E-state index in [1.54, 1.807) is 31.1 Å². The topological polar surface area (TPSA) is 108 Å². The summed E-state index contributed by atoms with van der Waals surface area (Å²) in [6, 6.07) is 12.1. The first-order valence-electron chi connectivity index (χ1n) is 10.3. The van der Waals surface area contributed by atoms with E-state index in [-0.39, 0.29) is 16.3 Å². The van der Waals surface area contributed by atoms with Crippen molar-refractivity contribution in [3.63, 3.8) is 0 Å². The number of hydrogen-bond acceptors (Lipinski definition) is 7. The number of hydrogen-bond donors (Lipinski definition) is 2. The molecule has 0 bridgehead atoms. The summed E-state index contributed by atoms with van der Waals surface area (Å²) >= 11 is 5.31. The maximum Gasteiger partial charge on any atom is 0.435 e. The Bertz CT molecular complexity index is 1420. The van der Waals surface area contributed by atoms with Crippen molar-refractivity contribution < 1.29 is 26.9 Å². The smallest absolute Gasteiger partial charge is 0.435 e. The Morgan fingerprint density at radius 2 is 1.78 bits per heavy atom. The zero-order valence-corrected chi connectivity index (χ0v) is 21.3. The molecule has 1 amide bonds. The molecule has 0 radical (unpaired) electrons. The molecule has 1 atom stereocenters. The minimum absolute atomic E-state index is 0.136. The highest BCUT2D eigenvalue weighted by atomic mass is 32.2. The van der Waals surface area contributed by atoms with E-state index in [1.165, 1.54) is 42.7 Å². The molecule has 0 spiro atoms. The van der Waals surface area contributed by atoms with Crippen LogP contribution in [0.5, 0.6) is 11.6 Å². The van der Waals surface area contributed by atoms with Gasteiger partial charge in [-0.3, -0.25) is 4.79 Å². The lowest BCUT2D eigenvalue weighted by Gasteiger charge is -2.17. The van der Waals surface area contributed by atoms with E-state index in [4.69, 9.17) is 21.7 Å². The number of amides is 1. The number of aromatic nitrogens is 2. The molecule has 2 N–H and O–H groups in total. The summed E-state index contributed by atoms with van der Waals surface area (Å²) in [6.45, 7) is 1.09. The first kappa shape index (κ1) is 27.0. The van der Waals surface area contributed by atoms with Gasteiger partial charge < -0.3 is 15.0 Å². The van der Waals surface area contributed by atoms with Crippen LogP contribution < -0.4 is 10.1 Å². The standard InChI is InChI=1S/C23H22F3N5O3S2/c1-13-18(20(32)28-15-6-5-7-17(12-15)36(4,27)33)21(30-29-19(13)23(24,25)26)34-16-10-8-14(9-11-16)22(35)31(2)3/h5-12,27H,1-4H3,(H,28,32). The van der Waals surface area contributed by atoms with E-state index in [1.807, 2.05) is 0 Å². The highest BCUT2D eigenvalue weighted by Gasteiger charge is 2.38. The second kappa shape index (κ2) is 10.2. The van der Waals surface area contributed by atoms with Crippen molar-refractivity contribution >= 4 is 38.5 Å². The van der Waals surface area contributed by atoms with Crippen LogP contribution in [0.1, 0.15) is 27.2 Å². The highest BCUT2D eigenvalue weighted by Crippen LogP contribution is 2.35. The number of rotatable bonds is 6. The summed E-state index contributed by atoms with van der Waals surface area (Å²) < 4.78 is 65.9. The summed E-state index contributed by atoms with van der Waals surface area (Å²) in [5, 5.41) is 9.25. The Morgan fingerprint density at radius 3 is 2.33 bits per heavy atom. The van der Waals surface area contributed by atoms with Gasteiger partial charge in [-0.2, -0.15) is 13.2 Å². The molecule has 0 aliphatic carbocycles. The second-order valence-electron chi connectivity index (χ2n) is 8.00. The molecule has 3 aromatic rings. The number of carbonyl (C=O) groups excluding carboxylic acids is 1. The minimum Gasteiger partial charge on any atom is -0.437 e. The fourth-order valence-corrected chi connectivity index (χ4v) is 3.98. The van der Waals surface area contributed by atoms with Crippen molar-refractivity contribution in [3.8, 4) is 11.6 Å². The maximum absolute atomic E-state index is 13.5. The van der Waals surface area contributed by atoms with Gasteiger partial charge in [0.05, 0.1) is 9.73 Å². The van der Waals surface area contributed by atoms with Crippen LogP contribution in [0.4, 0.5) is 18.9 Å². The van der Waals surface area contributed by atoms with Gasteiger partial charge in [-0.05, 0) is 55.0 Å². The molecular weight excluding hydrogens is 515 g/mol. The van der Waals surface area contributed by atoms with E-state index in [0.29, 0.717) is 4.99 Å². The first-order chi connectivity index (χ1) is 16.7. The molecule has 2 aromatic carbocycles. The molecule has 1 aromatic heterocycles. The average Bonchev–Trinajstić information content (AvgIpc) is 2.78. The summed E-state index contributed by atoms with van der Waals surface area (Å²) in [5.74, 6) is -1.18. The lowest BCUT2D eigenvalue weighted by atomic mass is 10.1. The van der Waals surface area contributed by atoms with Crippen molar-refractivity contribution in [2.24, 2.45) is 0 Å². The lowest BCUT2D eigenvalue weighted by molar-refractivity contribution is -0.142. The maximum atomic E-state index is 13.5. The highest BCUT2D eigenvalue weighted by molar-refractivity contribution is 7.91. The van der Waals surface area contributed by atoms with Crippen LogP contribution in [0.3, 0.4) is 0 Å². The SMILES string of the molecule is Cc1c(C(F)(F)F)nnc(Oc2ccc(C(=S)N(C)C)cc2)c1C(=O)Nc1cccc(S(C)(=N)=O)c1. The molecule has 190 valence electrons. The molecule has 0 aliphatic rings. The Morgan fingerprint density at radius 1 is 1.14 bits per heavy atom. The average molecular weight is 538 g/mol. The third kappa shape index (κ3) is 6.15. The first-order valence-corrected chi connectivity index (χ1v) is 12.6. The largest absolute Gasteiger partial charge is 0.437 e. The summed E-state index contributed by atoms with van der Waals surface area (Å²) in [6.07, 6.45) is -3.64. The molecule has 13 heteroatoms. The number of nitrogens with zero attached hydrogens (tertiary/aromatic N) is 3. The van der Waals surface area contributed by atoms with Crippen LogP contribution in [-0.2, 0) is 15.9 Å². The van der Waals surface area contributed by atoms with Crippen LogP contribution in [0.25, 0.3) is 0 Å². The molecule has 1 heterocycles. The molecule has 0 aliphatic heterocycles. The van der Waals surface area contributed by atoms with Crippen LogP contribution >= 0.6 is 12.2 Å². The Labute approximate surface area is 211 Å². The van der Waals surface area contributed by atoms with E-state index < -0.39 is 44.5 Å². The number of anilines is 1. The van der Waals surface area contributed by atoms with Gasteiger partial charge in [-0.15, -0.1) is 10.2 Å². The van der Waals surface area contributed by atoms with Crippen LogP contribution in [0.2, 0.25) is 0 Å². The molecule has 1 unspecified atom stereocenters. The molecule has 0 saturated heterocycles. The fraction of sp³-hybridized carbons (Fsp3) is 0.217. The number of halogens is 3. The number of alkyl halides is 3. The van der Waals surface area contributed by atoms with Crippen molar-refractivity contribution in [3.05, 3.63) is 70.9 Å². The summed E-state index contributed by atoms with van der Waals surface area (Å²) in [5.41, 5.74) is -1.43. The Hall–Kier alpha value is -3.58. The van der Waals surface area contributed by atoms with Crippen molar-refractivity contribution in [2.45, 2.75) is 18.0 Å². The van der Waals surface area contributed by atoms with Crippen LogP contribution in [0.15, 0.2) is 53.4 Å². The van der Waals surface area contributed by atoms with Gasteiger partial charge in [0.25, 0.3) is 11.8 Å². The normalized spacial score (nSPS) is 13.0. The third-order valence-corrected chi connectivity index (χ3v) is 6.70. The number of benzene rings is 2. The molecule has 8 nitrogen and oxygen atoms in total. The summed E-state index contributed by atoms with van der Waals surface area (Å²) in [4.78, 5) is 15.6. The lowest BCUT2D eigenvalue weighted by Crippen LogP contribution is -2.21. The summed E-state index contributed by atoms with van der Waals surface area (Å²) in [7, 11) is 0.494. The Balaban J connectivity index is 2.02. The van der Waals surface area contributed by atoms with Gasteiger partial charge in [0.1, 0.15) is 16.3 Å². The fourth-order valence-electron chi connectivity index (χ4n) is 3.15. The minimum atomic E-state index is -4.85. The molecule has 0 fully saturated rings. The second-order valence-corrected chi connectivity index (χ2v) is 10.5. The predicted octanol–water partition coefficient (Wildman–Crippen LogP) is 5.12. The molecule has 36 heavy (non-hydrogen) atoms. The van der Waals surface area contributed by atoms with E-state index >= 15 is 0 Å². The van der Waals surface area contributed by atoms with Gasteiger partial charge in [0.15, 0.2) is 5.69 Å². The van der Waals surface area contributed by atoms with Crippen molar-refractivity contribution in [2.75, 3.05) is 25.7 Å². The van der Waals surface area contributed by atoms with E-state index in [0.717, 1.165) is 12.5 Å². The van der Waals surface area contributed by atoms with Crippen molar-refractivity contribution in [1.29, 1.82) is 4.78 Å². The Kier molecular flexibility index (Phi) is 7.65. The van der Waals surface area contributed by atoms with Crippen LogP contribution in [-0.4, -0.2) is 50.6 Å². The number of ether oxygens (including phenoxy) is 1. The van der Waals surface area contributed by atoms with Crippen LogP contribution in [0, 0.1) is 11.7 Å². The van der Waals surface area contributed by atoms with Gasteiger partial charge in [-0.1, -0.05) is 18.3 Å². The molecule has 0 saturated carbocycles. The van der Waals surface area contributed by atoms with Gasteiger partial charge in [-0.25, -0.2) is 8.99 Å². The quantitative estimate of drug-likeness (QED) is 0.420. The molecular formula is C23H22F3N5O3S2. The molecule has 3 rings (SSSR count). The van der Waals surface area contributed by atoms with Gasteiger partial charge in [0.2, 0.25) is 0 Å². The van der Waals surface area contributed by atoms with Crippen molar-refractivity contribution in [1.82, 2.24) is 15.1 Å².